The SMILES string of the molecule is Fc1ccc(Oc2nccc(-c3[nH]c(CCCN4CCOCC4)nc3-c3ccc(F)cc3)n2)cc1. The van der Waals surface area contributed by atoms with Crippen LogP contribution in [0.15, 0.2) is 60.8 Å². The number of benzene rings is 2. The van der Waals surface area contributed by atoms with Crippen LogP contribution in [0.3, 0.4) is 0 Å². The Hall–Kier alpha value is -3.69. The third kappa shape index (κ3) is 5.87. The van der Waals surface area contributed by atoms with Gasteiger partial charge in [0.25, 0.3) is 0 Å². The number of hydrogen-bond donors (Lipinski definition) is 1. The summed E-state index contributed by atoms with van der Waals surface area (Å²) in [7, 11) is 0. The van der Waals surface area contributed by atoms with Crippen LogP contribution in [0.25, 0.3) is 22.6 Å². The van der Waals surface area contributed by atoms with Crippen molar-refractivity contribution in [1.29, 1.82) is 0 Å². The largest absolute Gasteiger partial charge is 0.424 e. The molecule has 0 unspecified atom stereocenters. The number of rotatable bonds is 8. The molecule has 1 aliphatic rings. The second kappa shape index (κ2) is 10.7. The van der Waals surface area contributed by atoms with Crippen LogP contribution in [0.4, 0.5) is 8.78 Å². The van der Waals surface area contributed by atoms with Crippen molar-refractivity contribution in [1.82, 2.24) is 24.8 Å². The van der Waals surface area contributed by atoms with Gasteiger partial charge in [-0.15, -0.1) is 0 Å². The zero-order valence-electron chi connectivity index (χ0n) is 19.1. The molecule has 5 rings (SSSR count). The van der Waals surface area contributed by atoms with Crippen LogP contribution in [0.5, 0.6) is 11.8 Å². The number of aromatic amines is 1. The Labute approximate surface area is 201 Å². The summed E-state index contributed by atoms with van der Waals surface area (Å²) in [5.41, 5.74) is 2.74. The number of hydrogen-bond acceptors (Lipinski definition) is 6. The lowest BCUT2D eigenvalue weighted by Crippen LogP contribution is -2.36. The van der Waals surface area contributed by atoms with Crippen LogP contribution in [0.1, 0.15) is 12.2 Å². The van der Waals surface area contributed by atoms with E-state index in [1.807, 2.05) is 0 Å². The fourth-order valence-corrected chi connectivity index (χ4v) is 3.97. The maximum absolute atomic E-state index is 13.6. The van der Waals surface area contributed by atoms with Gasteiger partial charge in [-0.25, -0.2) is 18.7 Å². The van der Waals surface area contributed by atoms with Crippen molar-refractivity contribution in [3.05, 3.63) is 78.3 Å². The average Bonchev–Trinajstić information content (AvgIpc) is 3.31. The van der Waals surface area contributed by atoms with Crippen molar-refractivity contribution in [2.45, 2.75) is 12.8 Å². The highest BCUT2D eigenvalue weighted by Gasteiger charge is 2.17. The van der Waals surface area contributed by atoms with E-state index in [9.17, 15) is 8.78 Å². The minimum absolute atomic E-state index is 0.127. The molecule has 7 nitrogen and oxygen atoms in total. The van der Waals surface area contributed by atoms with Crippen LogP contribution in [-0.4, -0.2) is 57.7 Å². The fourth-order valence-electron chi connectivity index (χ4n) is 3.97. The van der Waals surface area contributed by atoms with Crippen LogP contribution >= 0.6 is 0 Å². The summed E-state index contributed by atoms with van der Waals surface area (Å²) in [5.74, 6) is 0.589. The minimum atomic E-state index is -0.352. The first-order valence-corrected chi connectivity index (χ1v) is 11.6. The van der Waals surface area contributed by atoms with Gasteiger partial charge in [0.15, 0.2) is 0 Å². The van der Waals surface area contributed by atoms with Gasteiger partial charge in [0, 0.05) is 31.3 Å². The zero-order valence-corrected chi connectivity index (χ0v) is 19.1. The Balaban J connectivity index is 1.40. The molecule has 2 aromatic carbocycles. The van der Waals surface area contributed by atoms with E-state index in [1.54, 1.807) is 24.4 Å². The Kier molecular flexibility index (Phi) is 7.06. The van der Waals surface area contributed by atoms with Crippen LogP contribution < -0.4 is 4.74 Å². The first-order valence-electron chi connectivity index (χ1n) is 11.6. The third-order valence-electron chi connectivity index (χ3n) is 5.77. The monoisotopic (exact) mass is 477 g/mol. The first kappa shape index (κ1) is 23.1. The number of aryl methyl sites for hydroxylation is 1. The lowest BCUT2D eigenvalue weighted by molar-refractivity contribution is 0.0374. The molecule has 0 spiro atoms. The smallest absolute Gasteiger partial charge is 0.322 e. The van der Waals surface area contributed by atoms with Gasteiger partial charge in [-0.05, 0) is 67.6 Å². The maximum Gasteiger partial charge on any atom is 0.322 e. The second-order valence-corrected chi connectivity index (χ2v) is 8.25. The number of halogens is 2. The Bertz CT molecular complexity index is 1260. The molecule has 0 atom stereocenters. The molecule has 0 aliphatic carbocycles. The van der Waals surface area contributed by atoms with E-state index in [4.69, 9.17) is 14.5 Å². The molecule has 0 bridgehead atoms. The molecular formula is C26H25F2N5O2. The quantitative estimate of drug-likeness (QED) is 0.390. The Morgan fingerprint density at radius 3 is 2.37 bits per heavy atom. The van der Waals surface area contributed by atoms with Crippen LogP contribution in [-0.2, 0) is 11.2 Å². The fraction of sp³-hybridized carbons (Fsp3) is 0.269. The number of H-pyrrole nitrogens is 1. The molecule has 180 valence electrons. The third-order valence-corrected chi connectivity index (χ3v) is 5.77. The molecular weight excluding hydrogens is 452 g/mol. The molecule has 1 aliphatic heterocycles. The standard InChI is InChI=1S/C26H25F2N5O2/c27-19-5-3-18(4-6-19)24-25(32-23(31-24)2-1-13-33-14-16-34-17-15-33)22-11-12-29-26(30-22)35-21-9-7-20(28)8-10-21/h3-12H,1-2,13-17H2,(H,31,32). The number of nitrogens with zero attached hydrogens (tertiary/aromatic N) is 4. The van der Waals surface area contributed by atoms with Crippen molar-refractivity contribution in [3.63, 3.8) is 0 Å². The Morgan fingerprint density at radius 1 is 0.914 bits per heavy atom. The molecule has 2 aromatic heterocycles. The molecule has 1 saturated heterocycles. The van der Waals surface area contributed by atoms with Gasteiger partial charge in [-0.2, -0.15) is 4.98 Å². The van der Waals surface area contributed by atoms with E-state index < -0.39 is 0 Å². The molecule has 3 heterocycles. The van der Waals surface area contributed by atoms with Gasteiger partial charge in [0.05, 0.1) is 30.3 Å². The van der Waals surface area contributed by atoms with Gasteiger partial charge < -0.3 is 14.5 Å². The molecule has 0 radical (unpaired) electrons. The van der Waals surface area contributed by atoms with Crippen molar-refractivity contribution >= 4 is 0 Å². The predicted octanol–water partition coefficient (Wildman–Crippen LogP) is 4.87. The Morgan fingerprint density at radius 2 is 1.63 bits per heavy atom. The normalized spacial score (nSPS) is 14.2. The minimum Gasteiger partial charge on any atom is -0.424 e. The summed E-state index contributed by atoms with van der Waals surface area (Å²) >= 11 is 0. The van der Waals surface area contributed by atoms with Gasteiger partial charge in [0.1, 0.15) is 23.2 Å². The summed E-state index contributed by atoms with van der Waals surface area (Å²) < 4.78 is 37.9. The van der Waals surface area contributed by atoms with Crippen molar-refractivity contribution in [2.24, 2.45) is 0 Å². The highest BCUT2D eigenvalue weighted by Crippen LogP contribution is 2.31. The summed E-state index contributed by atoms with van der Waals surface area (Å²) in [6, 6.07) is 13.7. The summed E-state index contributed by atoms with van der Waals surface area (Å²) in [6.45, 7) is 4.41. The molecule has 9 heteroatoms. The summed E-state index contributed by atoms with van der Waals surface area (Å²) in [4.78, 5) is 19.3. The lowest BCUT2D eigenvalue weighted by Gasteiger charge is -2.26. The van der Waals surface area contributed by atoms with Gasteiger partial charge in [-0.1, -0.05) is 0 Å². The van der Waals surface area contributed by atoms with E-state index >= 15 is 0 Å². The average molecular weight is 478 g/mol. The number of morpholine rings is 1. The molecule has 35 heavy (non-hydrogen) atoms. The predicted molar refractivity (Wildman–Crippen MR) is 127 cm³/mol. The van der Waals surface area contributed by atoms with Crippen molar-refractivity contribution in [2.75, 3.05) is 32.8 Å². The highest BCUT2D eigenvalue weighted by molar-refractivity contribution is 5.76. The van der Waals surface area contributed by atoms with Crippen molar-refractivity contribution < 1.29 is 18.3 Å². The molecule has 4 aromatic rings. The topological polar surface area (TPSA) is 76.2 Å². The van der Waals surface area contributed by atoms with E-state index in [-0.39, 0.29) is 17.6 Å². The number of imidazole rings is 1. The van der Waals surface area contributed by atoms with Crippen LogP contribution in [0, 0.1) is 11.6 Å². The van der Waals surface area contributed by atoms with Gasteiger partial charge >= 0.3 is 6.01 Å². The van der Waals surface area contributed by atoms with E-state index in [0.29, 0.717) is 22.8 Å². The number of nitrogens with one attached hydrogen (secondary N) is 1. The highest BCUT2D eigenvalue weighted by atomic mass is 19.1. The molecule has 0 saturated carbocycles. The van der Waals surface area contributed by atoms with E-state index in [2.05, 4.69) is 19.9 Å². The second-order valence-electron chi connectivity index (χ2n) is 8.25. The number of ether oxygens (including phenoxy) is 2. The van der Waals surface area contributed by atoms with Gasteiger partial charge in [-0.3, -0.25) is 4.90 Å². The molecule has 0 amide bonds. The summed E-state index contributed by atoms with van der Waals surface area (Å²) in [5, 5.41) is 0. The maximum atomic E-state index is 13.6. The van der Waals surface area contributed by atoms with Gasteiger partial charge in [0.2, 0.25) is 0 Å². The molecule has 1 N–H and O–H groups in total. The number of aromatic nitrogens is 4. The first-order chi connectivity index (χ1) is 17.1. The van der Waals surface area contributed by atoms with E-state index in [0.717, 1.165) is 57.1 Å². The summed E-state index contributed by atoms with van der Waals surface area (Å²) in [6.07, 6.45) is 3.29. The van der Waals surface area contributed by atoms with Crippen LogP contribution in [0.2, 0.25) is 0 Å². The lowest BCUT2D eigenvalue weighted by atomic mass is 10.1. The molecule has 1 fully saturated rings. The zero-order chi connectivity index (χ0) is 24.0. The van der Waals surface area contributed by atoms with Crippen molar-refractivity contribution in [3.8, 4) is 34.4 Å². The van der Waals surface area contributed by atoms with E-state index in [1.165, 1.54) is 36.4 Å².